The van der Waals surface area contributed by atoms with Crippen LogP contribution in [0.4, 0.5) is 4.39 Å². The summed E-state index contributed by atoms with van der Waals surface area (Å²) in [6.07, 6.45) is 3.07. The Morgan fingerprint density at radius 2 is 2.00 bits per heavy atom. The van der Waals surface area contributed by atoms with Gasteiger partial charge < -0.3 is 4.74 Å². The van der Waals surface area contributed by atoms with Crippen molar-refractivity contribution in [2.45, 2.75) is 25.7 Å². The van der Waals surface area contributed by atoms with Crippen LogP contribution in [0.15, 0.2) is 34.8 Å². The number of aldehydes is 1. The minimum atomic E-state index is -0.262. The third kappa shape index (κ3) is 2.80. The summed E-state index contributed by atoms with van der Waals surface area (Å²) in [7, 11) is 0. The second-order valence-electron chi connectivity index (χ2n) is 5.41. The lowest BCUT2D eigenvalue weighted by Crippen LogP contribution is -2.01. The van der Waals surface area contributed by atoms with Crippen LogP contribution >= 0.6 is 15.9 Å². The van der Waals surface area contributed by atoms with Crippen molar-refractivity contribution in [3.63, 3.8) is 0 Å². The molecular formula is C18H16BrFO2. The van der Waals surface area contributed by atoms with Crippen LogP contribution in [0.5, 0.6) is 5.75 Å². The summed E-state index contributed by atoms with van der Waals surface area (Å²) in [6.45, 7) is 2.36. The monoisotopic (exact) mass is 362 g/mol. The number of hydrogen-bond donors (Lipinski definition) is 0. The Kier molecular flexibility index (Phi) is 4.30. The van der Waals surface area contributed by atoms with E-state index in [4.69, 9.17) is 4.74 Å². The summed E-state index contributed by atoms with van der Waals surface area (Å²) >= 11 is 3.60. The maximum atomic E-state index is 13.2. The Hall–Kier alpha value is -1.68. The first-order chi connectivity index (χ1) is 10.7. The van der Waals surface area contributed by atoms with Crippen molar-refractivity contribution in [1.29, 1.82) is 0 Å². The van der Waals surface area contributed by atoms with Gasteiger partial charge in [0.25, 0.3) is 0 Å². The summed E-state index contributed by atoms with van der Waals surface area (Å²) < 4.78 is 19.6. The number of carbonyl (C=O) groups excluding carboxylic acids is 1. The van der Waals surface area contributed by atoms with E-state index >= 15 is 0 Å². The molecule has 2 aromatic rings. The largest absolute Gasteiger partial charge is 0.492 e. The molecule has 0 radical (unpaired) electrons. The second-order valence-corrected chi connectivity index (χ2v) is 6.20. The van der Waals surface area contributed by atoms with Gasteiger partial charge in [-0.1, -0.05) is 12.1 Å². The molecule has 0 N–H and O–H groups in total. The highest BCUT2D eigenvalue weighted by molar-refractivity contribution is 9.10. The molecule has 0 saturated heterocycles. The van der Waals surface area contributed by atoms with Crippen molar-refractivity contribution in [3.05, 3.63) is 51.7 Å². The molecule has 0 atom stereocenters. The highest BCUT2D eigenvalue weighted by atomic mass is 79.9. The zero-order chi connectivity index (χ0) is 15.7. The van der Waals surface area contributed by atoms with Crippen LogP contribution in [0.25, 0.3) is 11.1 Å². The van der Waals surface area contributed by atoms with Gasteiger partial charge in [-0.25, -0.2) is 4.39 Å². The van der Waals surface area contributed by atoms with E-state index in [1.54, 1.807) is 12.1 Å². The lowest BCUT2D eigenvalue weighted by atomic mass is 9.94. The second kappa shape index (κ2) is 6.21. The first kappa shape index (κ1) is 15.2. The Bertz CT molecular complexity index is 706. The van der Waals surface area contributed by atoms with Crippen molar-refractivity contribution in [2.75, 3.05) is 6.61 Å². The molecule has 3 rings (SSSR count). The molecule has 0 spiro atoms. The van der Waals surface area contributed by atoms with Gasteiger partial charge in [0, 0.05) is 5.56 Å². The lowest BCUT2D eigenvalue weighted by Gasteiger charge is -2.17. The molecule has 0 bridgehead atoms. The molecule has 2 aromatic carbocycles. The zero-order valence-electron chi connectivity index (χ0n) is 12.2. The zero-order valence-corrected chi connectivity index (χ0v) is 13.8. The van der Waals surface area contributed by atoms with Crippen LogP contribution in [0.1, 0.15) is 41.6 Å². The van der Waals surface area contributed by atoms with E-state index in [9.17, 15) is 9.18 Å². The molecule has 1 saturated carbocycles. The molecular weight excluding hydrogens is 347 g/mol. The van der Waals surface area contributed by atoms with Crippen molar-refractivity contribution in [2.24, 2.45) is 0 Å². The van der Waals surface area contributed by atoms with E-state index in [-0.39, 0.29) is 5.82 Å². The third-order valence-corrected chi connectivity index (χ3v) is 4.60. The number of carbonyl (C=O) groups is 1. The lowest BCUT2D eigenvalue weighted by molar-refractivity contribution is 0.111. The molecule has 0 amide bonds. The minimum absolute atomic E-state index is 0.262. The highest BCUT2D eigenvalue weighted by Crippen LogP contribution is 2.50. The smallest absolute Gasteiger partial charge is 0.153 e. The maximum Gasteiger partial charge on any atom is 0.153 e. The molecule has 0 heterocycles. The topological polar surface area (TPSA) is 26.3 Å². The van der Waals surface area contributed by atoms with E-state index in [1.807, 2.05) is 13.0 Å². The Morgan fingerprint density at radius 1 is 1.32 bits per heavy atom. The van der Waals surface area contributed by atoms with Crippen LogP contribution in [0.2, 0.25) is 0 Å². The van der Waals surface area contributed by atoms with Gasteiger partial charge in [-0.15, -0.1) is 0 Å². The van der Waals surface area contributed by atoms with Gasteiger partial charge in [-0.3, -0.25) is 4.79 Å². The van der Waals surface area contributed by atoms with Crippen molar-refractivity contribution >= 4 is 22.2 Å². The van der Waals surface area contributed by atoms with Gasteiger partial charge in [0.2, 0.25) is 0 Å². The van der Waals surface area contributed by atoms with E-state index in [1.165, 1.54) is 12.1 Å². The van der Waals surface area contributed by atoms with Crippen molar-refractivity contribution < 1.29 is 13.9 Å². The average Bonchev–Trinajstić information content (AvgIpc) is 3.35. The van der Waals surface area contributed by atoms with E-state index in [2.05, 4.69) is 15.9 Å². The quantitative estimate of drug-likeness (QED) is 0.670. The van der Waals surface area contributed by atoms with Crippen molar-refractivity contribution in [3.8, 4) is 16.9 Å². The number of ether oxygens (including phenoxy) is 1. The first-order valence-electron chi connectivity index (χ1n) is 7.36. The number of rotatable bonds is 5. The SMILES string of the molecule is CCOc1c(C=O)cc(C2CC2)c(-c2ccc(F)cc2)c1Br. The normalized spacial score (nSPS) is 14.0. The predicted molar refractivity (Wildman–Crippen MR) is 88.1 cm³/mol. The molecule has 22 heavy (non-hydrogen) atoms. The fourth-order valence-electron chi connectivity index (χ4n) is 2.68. The molecule has 0 aromatic heterocycles. The molecule has 114 valence electrons. The molecule has 2 nitrogen and oxygen atoms in total. The van der Waals surface area contributed by atoms with Gasteiger partial charge in [-0.2, -0.15) is 0 Å². The van der Waals surface area contributed by atoms with Gasteiger partial charge in [0.15, 0.2) is 6.29 Å². The number of benzene rings is 2. The van der Waals surface area contributed by atoms with Crippen LogP contribution < -0.4 is 4.74 Å². The Labute approximate surface area is 137 Å². The molecule has 1 fully saturated rings. The molecule has 4 heteroatoms. The van der Waals surface area contributed by atoms with Crippen LogP contribution in [-0.2, 0) is 0 Å². The molecule has 0 unspecified atom stereocenters. The predicted octanol–water partition coefficient (Wildman–Crippen LogP) is 5.34. The van der Waals surface area contributed by atoms with E-state index < -0.39 is 0 Å². The van der Waals surface area contributed by atoms with E-state index in [0.717, 1.165) is 40.3 Å². The average molecular weight is 363 g/mol. The summed E-state index contributed by atoms with van der Waals surface area (Å²) in [4.78, 5) is 11.4. The number of hydrogen-bond acceptors (Lipinski definition) is 2. The fourth-order valence-corrected chi connectivity index (χ4v) is 3.48. The van der Waals surface area contributed by atoms with Crippen molar-refractivity contribution in [1.82, 2.24) is 0 Å². The van der Waals surface area contributed by atoms with E-state index in [0.29, 0.717) is 23.8 Å². The van der Waals surface area contributed by atoms with Gasteiger partial charge in [0.05, 0.1) is 16.6 Å². The fraction of sp³-hybridized carbons (Fsp3) is 0.278. The molecule has 1 aliphatic carbocycles. The minimum Gasteiger partial charge on any atom is -0.492 e. The van der Waals surface area contributed by atoms with Gasteiger partial charge >= 0.3 is 0 Å². The molecule has 1 aliphatic rings. The summed E-state index contributed by atoms with van der Waals surface area (Å²) in [5.41, 5.74) is 3.61. The molecule has 0 aliphatic heterocycles. The summed E-state index contributed by atoms with van der Waals surface area (Å²) in [5.74, 6) is 0.759. The van der Waals surface area contributed by atoms with Crippen LogP contribution in [-0.4, -0.2) is 12.9 Å². The summed E-state index contributed by atoms with van der Waals surface area (Å²) in [5, 5.41) is 0. The standard InChI is InChI=1S/C18H16BrFO2/c1-2-22-18-13(10-21)9-15(11-3-4-11)16(17(18)19)12-5-7-14(20)8-6-12/h5-11H,2-4H2,1H3. The first-order valence-corrected chi connectivity index (χ1v) is 8.15. The van der Waals surface area contributed by atoms with Crippen LogP contribution in [0.3, 0.4) is 0 Å². The Balaban J connectivity index is 2.23. The Morgan fingerprint density at radius 3 is 2.55 bits per heavy atom. The van der Waals surface area contributed by atoms with Gasteiger partial charge in [-0.05, 0) is 70.9 Å². The maximum absolute atomic E-state index is 13.2. The van der Waals surface area contributed by atoms with Gasteiger partial charge in [0.1, 0.15) is 11.6 Å². The summed E-state index contributed by atoms with van der Waals surface area (Å²) in [6, 6.07) is 8.34. The van der Waals surface area contributed by atoms with Crippen LogP contribution in [0, 0.1) is 5.82 Å². The number of halogens is 2. The third-order valence-electron chi connectivity index (χ3n) is 3.85. The highest BCUT2D eigenvalue weighted by Gasteiger charge is 2.30.